The molecule has 0 aliphatic rings. The number of hydrogen-bond donors (Lipinski definition) is 2. The Morgan fingerprint density at radius 2 is 1.29 bits per heavy atom. The molecule has 5 nitrogen and oxygen atoms in total. The Morgan fingerprint density at radius 3 is 1.91 bits per heavy atom. The molecular formula is C29H26N2O3. The smallest absolute Gasteiger partial charge is 0.251 e. The molecule has 0 aliphatic heterocycles. The Labute approximate surface area is 199 Å². The van der Waals surface area contributed by atoms with Crippen molar-refractivity contribution in [1.82, 2.24) is 5.32 Å². The Hall–Kier alpha value is -4.38. The monoisotopic (exact) mass is 450 g/mol. The van der Waals surface area contributed by atoms with Crippen molar-refractivity contribution in [2.75, 3.05) is 0 Å². The van der Waals surface area contributed by atoms with Crippen LogP contribution < -0.4 is 15.8 Å². The molecule has 0 spiro atoms. The third kappa shape index (κ3) is 6.11. The van der Waals surface area contributed by atoms with Crippen molar-refractivity contribution in [3.63, 3.8) is 0 Å². The van der Waals surface area contributed by atoms with E-state index in [-0.39, 0.29) is 5.91 Å². The van der Waals surface area contributed by atoms with Gasteiger partial charge >= 0.3 is 0 Å². The van der Waals surface area contributed by atoms with E-state index in [4.69, 9.17) is 10.5 Å². The second-order valence-electron chi connectivity index (χ2n) is 7.99. The average molecular weight is 451 g/mol. The number of carbonyl (C=O) groups excluding carboxylic acids is 2. The highest BCUT2D eigenvalue weighted by Crippen LogP contribution is 2.19. The number of benzene rings is 4. The lowest BCUT2D eigenvalue weighted by atomic mass is 10.0. The summed E-state index contributed by atoms with van der Waals surface area (Å²) in [6.07, 6.45) is 0.294. The van der Waals surface area contributed by atoms with Gasteiger partial charge in [-0.1, -0.05) is 84.9 Å². The van der Waals surface area contributed by atoms with Crippen LogP contribution in [0.1, 0.15) is 21.5 Å². The third-order valence-corrected chi connectivity index (χ3v) is 5.51. The number of rotatable bonds is 9. The average Bonchev–Trinajstić information content (AvgIpc) is 2.89. The van der Waals surface area contributed by atoms with Gasteiger partial charge in [0.15, 0.2) is 0 Å². The van der Waals surface area contributed by atoms with Gasteiger partial charge in [0.25, 0.3) is 5.91 Å². The number of ether oxygens (including phenoxy) is 1. The summed E-state index contributed by atoms with van der Waals surface area (Å²) in [6.45, 7) is 0.475. The first-order chi connectivity index (χ1) is 16.6. The lowest BCUT2D eigenvalue weighted by Crippen LogP contribution is -2.45. The molecular weight excluding hydrogens is 424 g/mol. The number of carbonyl (C=O) groups is 2. The Morgan fingerprint density at radius 1 is 0.706 bits per heavy atom. The first kappa shape index (κ1) is 22.8. The predicted molar refractivity (Wildman–Crippen MR) is 133 cm³/mol. The zero-order valence-electron chi connectivity index (χ0n) is 18.7. The molecule has 34 heavy (non-hydrogen) atoms. The van der Waals surface area contributed by atoms with Crippen LogP contribution in [-0.4, -0.2) is 17.9 Å². The van der Waals surface area contributed by atoms with E-state index in [0.717, 1.165) is 28.0 Å². The van der Waals surface area contributed by atoms with E-state index < -0.39 is 11.9 Å². The molecule has 170 valence electrons. The van der Waals surface area contributed by atoms with Crippen LogP contribution >= 0.6 is 0 Å². The molecule has 4 aromatic rings. The molecule has 4 aromatic carbocycles. The minimum atomic E-state index is -0.822. The van der Waals surface area contributed by atoms with Crippen molar-refractivity contribution in [2.45, 2.75) is 19.1 Å². The first-order valence-corrected chi connectivity index (χ1v) is 11.1. The molecule has 0 aliphatic carbocycles. The molecule has 0 saturated carbocycles. The maximum Gasteiger partial charge on any atom is 0.251 e. The van der Waals surface area contributed by atoms with Gasteiger partial charge in [-0.3, -0.25) is 9.59 Å². The van der Waals surface area contributed by atoms with E-state index in [2.05, 4.69) is 5.32 Å². The number of primary amides is 1. The van der Waals surface area contributed by atoms with Crippen LogP contribution in [0.3, 0.4) is 0 Å². The quantitative estimate of drug-likeness (QED) is 0.386. The van der Waals surface area contributed by atoms with Crippen LogP contribution in [0.2, 0.25) is 0 Å². The van der Waals surface area contributed by atoms with Crippen molar-refractivity contribution in [3.8, 4) is 16.9 Å². The van der Waals surface area contributed by atoms with Gasteiger partial charge in [0.1, 0.15) is 18.4 Å². The second kappa shape index (κ2) is 11.0. The van der Waals surface area contributed by atoms with Gasteiger partial charge in [0.05, 0.1) is 0 Å². The van der Waals surface area contributed by atoms with Gasteiger partial charge in [-0.2, -0.15) is 0 Å². The normalized spacial score (nSPS) is 11.4. The fourth-order valence-electron chi connectivity index (χ4n) is 3.61. The zero-order chi connectivity index (χ0) is 23.8. The van der Waals surface area contributed by atoms with E-state index in [1.165, 1.54) is 0 Å². The number of amides is 2. The van der Waals surface area contributed by atoms with Crippen molar-refractivity contribution in [3.05, 3.63) is 126 Å². The summed E-state index contributed by atoms with van der Waals surface area (Å²) in [6, 6.07) is 33.7. The lowest BCUT2D eigenvalue weighted by Gasteiger charge is -2.16. The molecule has 1 atom stereocenters. The van der Waals surface area contributed by atoms with Crippen molar-refractivity contribution in [1.29, 1.82) is 0 Å². The molecule has 0 fully saturated rings. The van der Waals surface area contributed by atoms with E-state index >= 15 is 0 Å². The predicted octanol–water partition coefficient (Wildman–Crippen LogP) is 4.76. The van der Waals surface area contributed by atoms with Gasteiger partial charge in [0, 0.05) is 12.0 Å². The van der Waals surface area contributed by atoms with Gasteiger partial charge in [0.2, 0.25) is 5.91 Å². The maximum absolute atomic E-state index is 12.7. The number of hydrogen-bond acceptors (Lipinski definition) is 3. The molecule has 0 saturated heterocycles. The summed E-state index contributed by atoms with van der Waals surface area (Å²) in [5, 5.41) is 2.76. The van der Waals surface area contributed by atoms with Crippen LogP contribution in [0.25, 0.3) is 11.1 Å². The molecule has 3 N–H and O–H groups in total. The molecule has 5 heteroatoms. The second-order valence-corrected chi connectivity index (χ2v) is 7.99. The SMILES string of the molecule is NC(=O)[C@@H](Cc1ccc(OCc2ccccc2)cc1)NC(=O)c1ccc(-c2ccccc2)cc1. The molecule has 4 rings (SSSR count). The van der Waals surface area contributed by atoms with Crippen LogP contribution in [0.15, 0.2) is 109 Å². The highest BCUT2D eigenvalue weighted by molar-refractivity contribution is 5.97. The maximum atomic E-state index is 12.7. The van der Waals surface area contributed by atoms with Gasteiger partial charge < -0.3 is 15.8 Å². The van der Waals surface area contributed by atoms with E-state index in [9.17, 15) is 9.59 Å². The van der Waals surface area contributed by atoms with E-state index in [1.807, 2.05) is 97.1 Å². The molecule has 0 aromatic heterocycles. The fourth-order valence-corrected chi connectivity index (χ4v) is 3.61. The summed E-state index contributed by atoms with van der Waals surface area (Å²) in [7, 11) is 0. The standard InChI is InChI=1S/C29H26N2O3/c30-28(32)27(19-21-11-17-26(18-12-21)34-20-22-7-3-1-4-8-22)31-29(33)25-15-13-24(14-16-25)23-9-5-2-6-10-23/h1-18,27H,19-20H2,(H2,30,32)(H,31,33)/t27-/m1/s1. The Balaban J connectivity index is 1.35. The molecule has 2 amide bonds. The van der Waals surface area contributed by atoms with Gasteiger partial charge in [-0.15, -0.1) is 0 Å². The van der Waals surface area contributed by atoms with Crippen LogP contribution in [-0.2, 0) is 17.8 Å². The highest BCUT2D eigenvalue weighted by Gasteiger charge is 2.19. The van der Waals surface area contributed by atoms with Gasteiger partial charge in [-0.25, -0.2) is 0 Å². The van der Waals surface area contributed by atoms with Crippen LogP contribution in [0, 0.1) is 0 Å². The van der Waals surface area contributed by atoms with Crippen LogP contribution in [0.4, 0.5) is 0 Å². The number of nitrogens with two attached hydrogens (primary N) is 1. The van der Waals surface area contributed by atoms with E-state index in [0.29, 0.717) is 18.6 Å². The van der Waals surface area contributed by atoms with Gasteiger partial charge in [-0.05, 0) is 46.5 Å². The summed E-state index contributed by atoms with van der Waals surface area (Å²) in [4.78, 5) is 24.8. The highest BCUT2D eigenvalue weighted by atomic mass is 16.5. The first-order valence-electron chi connectivity index (χ1n) is 11.1. The number of nitrogens with one attached hydrogen (secondary N) is 1. The third-order valence-electron chi connectivity index (χ3n) is 5.51. The molecule has 0 bridgehead atoms. The largest absolute Gasteiger partial charge is 0.489 e. The molecule has 0 radical (unpaired) electrons. The minimum absolute atomic E-state index is 0.294. The lowest BCUT2D eigenvalue weighted by molar-refractivity contribution is -0.119. The van der Waals surface area contributed by atoms with Crippen molar-refractivity contribution >= 4 is 11.8 Å². The zero-order valence-corrected chi connectivity index (χ0v) is 18.7. The summed E-state index contributed by atoms with van der Waals surface area (Å²) in [5.74, 6) is -0.198. The topological polar surface area (TPSA) is 81.4 Å². The van der Waals surface area contributed by atoms with Crippen molar-refractivity contribution < 1.29 is 14.3 Å². The molecule has 0 heterocycles. The van der Waals surface area contributed by atoms with E-state index in [1.54, 1.807) is 12.1 Å². The van der Waals surface area contributed by atoms with Crippen molar-refractivity contribution in [2.24, 2.45) is 5.73 Å². The summed E-state index contributed by atoms with van der Waals surface area (Å²) < 4.78 is 5.80. The Bertz CT molecular complexity index is 1220. The summed E-state index contributed by atoms with van der Waals surface area (Å²) >= 11 is 0. The summed E-state index contributed by atoms with van der Waals surface area (Å²) in [5.41, 5.74) is 10.1. The molecule has 0 unspecified atom stereocenters. The van der Waals surface area contributed by atoms with Crippen LogP contribution in [0.5, 0.6) is 5.75 Å². The Kier molecular flexibility index (Phi) is 7.35. The fraction of sp³-hybridized carbons (Fsp3) is 0.103. The minimum Gasteiger partial charge on any atom is -0.489 e.